The molecule has 0 aromatic rings. The van der Waals surface area contributed by atoms with E-state index in [4.69, 9.17) is 0 Å². The Kier molecular flexibility index (Phi) is 6.03. The van der Waals surface area contributed by atoms with Gasteiger partial charge < -0.3 is 15.3 Å². The van der Waals surface area contributed by atoms with Crippen LogP contribution in [0.15, 0.2) is 0 Å². The monoisotopic (exact) mass is 296 g/mol. The van der Waals surface area contributed by atoms with E-state index in [-0.39, 0.29) is 17.9 Å². The molecule has 1 aliphatic heterocycles. The van der Waals surface area contributed by atoms with Crippen molar-refractivity contribution in [1.82, 2.24) is 10.2 Å². The van der Waals surface area contributed by atoms with E-state index in [9.17, 15) is 14.7 Å². The molecule has 0 aromatic heterocycles. The van der Waals surface area contributed by atoms with Crippen LogP contribution in [0.1, 0.15) is 58.3 Å². The van der Waals surface area contributed by atoms with Crippen LogP contribution in [0.5, 0.6) is 0 Å². The molecule has 120 valence electrons. The Hall–Kier alpha value is -1.10. The van der Waals surface area contributed by atoms with Gasteiger partial charge in [-0.15, -0.1) is 0 Å². The zero-order valence-corrected chi connectivity index (χ0v) is 13.0. The van der Waals surface area contributed by atoms with Gasteiger partial charge in [-0.25, -0.2) is 0 Å². The molecule has 0 spiro atoms. The van der Waals surface area contributed by atoms with Gasteiger partial charge in [-0.3, -0.25) is 9.59 Å². The van der Waals surface area contributed by atoms with Crippen LogP contribution >= 0.6 is 0 Å². The minimum Gasteiger partial charge on any atom is -0.391 e. The molecule has 1 saturated heterocycles. The third-order valence-corrected chi connectivity index (χ3v) is 4.85. The van der Waals surface area contributed by atoms with Crippen molar-refractivity contribution < 1.29 is 14.7 Å². The first-order chi connectivity index (χ1) is 10.1. The molecular weight excluding hydrogens is 268 g/mol. The third-order valence-electron chi connectivity index (χ3n) is 4.85. The lowest BCUT2D eigenvalue weighted by atomic mass is 9.85. The number of rotatable bonds is 6. The Morgan fingerprint density at radius 1 is 1.33 bits per heavy atom. The standard InChI is InChI=1S/C16H28N2O3/c1-2-13(18-10-6-9-15(18)20)16(21)17-11-14(19)12-7-4-3-5-8-12/h12-14,19H,2-11H2,1H3,(H,17,21)/t13-,14-/m1/s1. The first-order valence-electron chi connectivity index (χ1n) is 8.38. The van der Waals surface area contributed by atoms with Gasteiger partial charge in [-0.05, 0) is 31.6 Å². The van der Waals surface area contributed by atoms with Crippen molar-refractivity contribution in [1.29, 1.82) is 0 Å². The van der Waals surface area contributed by atoms with Crippen molar-refractivity contribution in [2.45, 2.75) is 70.4 Å². The lowest BCUT2D eigenvalue weighted by Gasteiger charge is -2.29. The van der Waals surface area contributed by atoms with E-state index in [0.29, 0.717) is 31.8 Å². The fourth-order valence-corrected chi connectivity index (χ4v) is 3.55. The topological polar surface area (TPSA) is 69.6 Å². The number of carbonyl (C=O) groups is 2. The number of aliphatic hydroxyl groups is 1. The lowest BCUT2D eigenvalue weighted by molar-refractivity contribution is -0.137. The van der Waals surface area contributed by atoms with Gasteiger partial charge in [0, 0.05) is 19.5 Å². The molecule has 5 heteroatoms. The predicted octanol–water partition coefficient (Wildman–Crippen LogP) is 1.44. The van der Waals surface area contributed by atoms with Crippen LogP contribution in [0, 0.1) is 5.92 Å². The van der Waals surface area contributed by atoms with Crippen molar-refractivity contribution in [2.75, 3.05) is 13.1 Å². The van der Waals surface area contributed by atoms with E-state index < -0.39 is 6.10 Å². The summed E-state index contributed by atoms with van der Waals surface area (Å²) < 4.78 is 0. The Labute approximate surface area is 127 Å². The molecule has 0 bridgehead atoms. The summed E-state index contributed by atoms with van der Waals surface area (Å²) in [6.07, 6.45) is 7.27. The number of nitrogens with zero attached hydrogens (tertiary/aromatic N) is 1. The van der Waals surface area contributed by atoms with Crippen molar-refractivity contribution in [3.8, 4) is 0 Å². The summed E-state index contributed by atoms with van der Waals surface area (Å²) in [6.45, 7) is 2.91. The molecule has 2 amide bonds. The number of hydrogen-bond donors (Lipinski definition) is 2. The van der Waals surface area contributed by atoms with Gasteiger partial charge in [-0.1, -0.05) is 26.2 Å². The quantitative estimate of drug-likeness (QED) is 0.779. The van der Waals surface area contributed by atoms with E-state index in [2.05, 4.69) is 5.32 Å². The van der Waals surface area contributed by atoms with Crippen LogP contribution in [0.4, 0.5) is 0 Å². The maximum atomic E-state index is 12.3. The summed E-state index contributed by atoms with van der Waals surface area (Å²) in [7, 11) is 0. The minimum absolute atomic E-state index is 0.0739. The van der Waals surface area contributed by atoms with Gasteiger partial charge in [0.1, 0.15) is 6.04 Å². The molecule has 21 heavy (non-hydrogen) atoms. The molecular formula is C16H28N2O3. The summed E-state index contributed by atoms with van der Waals surface area (Å²) in [5.74, 6) is 0.264. The van der Waals surface area contributed by atoms with Crippen LogP contribution in [0.3, 0.4) is 0 Å². The fourth-order valence-electron chi connectivity index (χ4n) is 3.55. The smallest absolute Gasteiger partial charge is 0.242 e. The normalized spacial score (nSPS) is 23.1. The van der Waals surface area contributed by atoms with E-state index in [1.54, 1.807) is 4.90 Å². The van der Waals surface area contributed by atoms with Crippen LogP contribution < -0.4 is 5.32 Å². The zero-order valence-electron chi connectivity index (χ0n) is 13.0. The fraction of sp³-hybridized carbons (Fsp3) is 0.875. The molecule has 2 rings (SSSR count). The average molecular weight is 296 g/mol. The molecule has 0 radical (unpaired) electrons. The lowest BCUT2D eigenvalue weighted by Crippen LogP contribution is -2.49. The highest BCUT2D eigenvalue weighted by molar-refractivity contribution is 5.88. The second-order valence-electron chi connectivity index (χ2n) is 6.33. The second kappa shape index (κ2) is 7.78. The summed E-state index contributed by atoms with van der Waals surface area (Å²) in [4.78, 5) is 25.7. The van der Waals surface area contributed by atoms with Gasteiger partial charge in [0.05, 0.1) is 6.10 Å². The number of hydrogen-bond acceptors (Lipinski definition) is 3. The van der Waals surface area contributed by atoms with Crippen LogP contribution in [0.2, 0.25) is 0 Å². The van der Waals surface area contributed by atoms with Gasteiger partial charge in [0.25, 0.3) is 0 Å². The Morgan fingerprint density at radius 3 is 2.62 bits per heavy atom. The number of nitrogens with one attached hydrogen (secondary N) is 1. The first-order valence-corrected chi connectivity index (χ1v) is 8.38. The molecule has 2 fully saturated rings. The van der Waals surface area contributed by atoms with Crippen LogP contribution in [-0.4, -0.2) is 47.1 Å². The zero-order chi connectivity index (χ0) is 15.2. The molecule has 2 N–H and O–H groups in total. The summed E-state index contributed by atoms with van der Waals surface area (Å²) in [6, 6.07) is -0.376. The molecule has 5 nitrogen and oxygen atoms in total. The highest BCUT2D eigenvalue weighted by Gasteiger charge is 2.32. The summed E-state index contributed by atoms with van der Waals surface area (Å²) in [5, 5.41) is 13.0. The summed E-state index contributed by atoms with van der Waals surface area (Å²) >= 11 is 0. The Balaban J connectivity index is 1.80. The van der Waals surface area contributed by atoms with Crippen molar-refractivity contribution in [3.05, 3.63) is 0 Å². The molecule has 0 unspecified atom stereocenters. The van der Waals surface area contributed by atoms with Gasteiger partial charge >= 0.3 is 0 Å². The van der Waals surface area contributed by atoms with Crippen LogP contribution in [0.25, 0.3) is 0 Å². The van der Waals surface area contributed by atoms with E-state index >= 15 is 0 Å². The highest BCUT2D eigenvalue weighted by Crippen LogP contribution is 2.26. The average Bonchev–Trinajstić information content (AvgIpc) is 2.92. The molecule has 1 saturated carbocycles. The van der Waals surface area contributed by atoms with E-state index in [1.165, 1.54) is 19.3 Å². The number of carbonyl (C=O) groups excluding carboxylic acids is 2. The number of aliphatic hydroxyl groups excluding tert-OH is 1. The Morgan fingerprint density at radius 2 is 2.05 bits per heavy atom. The van der Waals surface area contributed by atoms with E-state index in [1.807, 2.05) is 6.92 Å². The maximum Gasteiger partial charge on any atom is 0.242 e. The van der Waals surface area contributed by atoms with Crippen molar-refractivity contribution >= 4 is 11.8 Å². The highest BCUT2D eigenvalue weighted by atomic mass is 16.3. The largest absolute Gasteiger partial charge is 0.391 e. The second-order valence-corrected chi connectivity index (χ2v) is 6.33. The van der Waals surface area contributed by atoms with Crippen molar-refractivity contribution in [2.24, 2.45) is 5.92 Å². The maximum absolute atomic E-state index is 12.3. The van der Waals surface area contributed by atoms with Gasteiger partial charge in [-0.2, -0.15) is 0 Å². The molecule has 2 atom stereocenters. The summed E-state index contributed by atoms with van der Waals surface area (Å²) in [5.41, 5.74) is 0. The number of likely N-dealkylation sites (tertiary alicyclic amines) is 1. The molecule has 2 aliphatic rings. The first kappa shape index (κ1) is 16.3. The molecule has 0 aromatic carbocycles. The molecule has 1 heterocycles. The Bertz CT molecular complexity index is 367. The van der Waals surface area contributed by atoms with Crippen molar-refractivity contribution in [3.63, 3.8) is 0 Å². The SMILES string of the molecule is CC[C@H](C(=O)NC[C@@H](O)C1CCCCC1)N1CCCC1=O. The van der Waals surface area contributed by atoms with Gasteiger partial charge in [0.2, 0.25) is 11.8 Å². The van der Waals surface area contributed by atoms with Crippen LogP contribution in [-0.2, 0) is 9.59 Å². The minimum atomic E-state index is -0.457. The third kappa shape index (κ3) is 4.19. The number of amides is 2. The predicted molar refractivity (Wildman–Crippen MR) is 80.6 cm³/mol. The van der Waals surface area contributed by atoms with Gasteiger partial charge in [0.15, 0.2) is 0 Å². The molecule has 1 aliphatic carbocycles. The van der Waals surface area contributed by atoms with E-state index in [0.717, 1.165) is 19.3 Å².